The van der Waals surface area contributed by atoms with Crippen LogP contribution >= 0.6 is 0 Å². The van der Waals surface area contributed by atoms with Gasteiger partial charge in [-0.1, -0.05) is 6.07 Å². The molecule has 3 amide bonds. The highest BCUT2D eigenvalue weighted by molar-refractivity contribution is 6.22. The molecule has 0 aromatic heterocycles. The molecular weight excluding hydrogens is 460 g/mol. The first-order chi connectivity index (χ1) is 16.5. The molecule has 4 aliphatic rings. The van der Waals surface area contributed by atoms with Gasteiger partial charge in [-0.15, -0.1) is 0 Å². The van der Waals surface area contributed by atoms with Gasteiger partial charge in [-0.25, -0.2) is 0 Å². The second-order valence-corrected chi connectivity index (χ2v) is 9.38. The number of hydrogen-bond donors (Lipinski definition) is 5. The maximum atomic E-state index is 13.5. The van der Waals surface area contributed by atoms with E-state index < -0.39 is 58.4 Å². The van der Waals surface area contributed by atoms with Gasteiger partial charge in [-0.05, 0) is 36.0 Å². The molecule has 1 saturated heterocycles. The molecule has 6 N–H and O–H groups in total. The van der Waals surface area contributed by atoms with Crippen LogP contribution in [0.1, 0.15) is 42.4 Å². The Morgan fingerprint density at radius 3 is 2.34 bits per heavy atom. The molecule has 5 rings (SSSR count). The standard InChI is InChI=1S/C24H22N2O9/c25-23(34)19-14(28)7-11-5-10-6-12-9(8-26-15(29)3-4-16(26)30)1-2-13(27)18(12)20(31)17(10)21(32)24(11,35)22(19)33/h1-2,10-11,27,31,33,35H,3-8H2,(H2,25,34)/t10?,11?,24-/m0/s1. The molecular formula is C24H22N2O9. The number of nitrogens with two attached hydrogens (primary N) is 1. The third-order valence-electron chi connectivity index (χ3n) is 7.53. The van der Waals surface area contributed by atoms with E-state index in [2.05, 4.69) is 0 Å². The summed E-state index contributed by atoms with van der Waals surface area (Å²) < 4.78 is 0. The number of primary amides is 1. The van der Waals surface area contributed by atoms with E-state index in [4.69, 9.17) is 5.73 Å². The van der Waals surface area contributed by atoms with Crippen LogP contribution in [0.2, 0.25) is 0 Å². The van der Waals surface area contributed by atoms with Crippen molar-refractivity contribution in [2.24, 2.45) is 17.6 Å². The molecule has 0 bridgehead atoms. The number of hydrogen-bond acceptors (Lipinski definition) is 9. The van der Waals surface area contributed by atoms with Crippen LogP contribution < -0.4 is 5.73 Å². The first-order valence-electron chi connectivity index (χ1n) is 11.1. The van der Waals surface area contributed by atoms with Gasteiger partial charge in [0.1, 0.15) is 22.8 Å². The average Bonchev–Trinajstić information content (AvgIpc) is 3.09. The number of carbonyl (C=O) groups is 5. The molecule has 1 aromatic rings. The first kappa shape index (κ1) is 22.8. The number of amides is 3. The summed E-state index contributed by atoms with van der Waals surface area (Å²) in [6.07, 6.45) is -0.103. The molecule has 1 heterocycles. The lowest BCUT2D eigenvalue weighted by molar-refractivity contribution is -0.147. The number of rotatable bonds is 3. The molecule has 182 valence electrons. The molecule has 3 aliphatic carbocycles. The van der Waals surface area contributed by atoms with E-state index in [1.807, 2.05) is 0 Å². The van der Waals surface area contributed by atoms with Gasteiger partial charge in [0.05, 0.1) is 12.1 Å². The van der Waals surface area contributed by atoms with Crippen LogP contribution in [-0.2, 0) is 36.9 Å². The van der Waals surface area contributed by atoms with Gasteiger partial charge in [0, 0.05) is 30.8 Å². The predicted octanol–water partition coefficient (Wildman–Crippen LogP) is 0.0729. The van der Waals surface area contributed by atoms with Crippen LogP contribution in [-0.4, -0.2) is 60.2 Å². The number of imide groups is 1. The number of nitrogens with zero attached hydrogens (tertiary/aromatic N) is 1. The summed E-state index contributed by atoms with van der Waals surface area (Å²) >= 11 is 0. The van der Waals surface area contributed by atoms with E-state index in [1.165, 1.54) is 12.1 Å². The van der Waals surface area contributed by atoms with Crippen LogP contribution in [0.5, 0.6) is 5.75 Å². The van der Waals surface area contributed by atoms with E-state index in [0.717, 1.165) is 4.90 Å². The van der Waals surface area contributed by atoms with Crippen molar-refractivity contribution < 1.29 is 44.4 Å². The number of ketones is 2. The zero-order chi connectivity index (χ0) is 25.4. The molecule has 11 heteroatoms. The minimum atomic E-state index is -2.63. The first-order valence-corrected chi connectivity index (χ1v) is 11.1. The number of carbonyl (C=O) groups excluding carboxylic acids is 5. The molecule has 11 nitrogen and oxygen atoms in total. The number of likely N-dealkylation sites (tertiary alicyclic amines) is 1. The third kappa shape index (κ3) is 3.04. The van der Waals surface area contributed by atoms with E-state index >= 15 is 0 Å². The number of phenolic OH excluding ortho intramolecular Hbond substituents is 1. The number of aliphatic hydroxyl groups is 3. The molecule has 1 saturated carbocycles. The Morgan fingerprint density at radius 2 is 1.71 bits per heavy atom. The summed E-state index contributed by atoms with van der Waals surface area (Å²) in [7, 11) is 0. The summed E-state index contributed by atoms with van der Waals surface area (Å²) in [5.74, 6) is -7.70. The smallest absolute Gasteiger partial charge is 0.255 e. The Morgan fingerprint density at radius 1 is 1.06 bits per heavy atom. The molecule has 2 fully saturated rings. The SMILES string of the molecule is NC(=O)C1=C(O)[C@@]2(O)C(=O)C3=C(O)c4c(O)ccc(CN5C(=O)CCC5=O)c4CC3CC2CC1=O. The highest BCUT2D eigenvalue weighted by Crippen LogP contribution is 2.52. The number of fused-ring (bicyclic) bond motifs is 3. The Hall–Kier alpha value is -3.99. The molecule has 0 radical (unpaired) electrons. The number of benzene rings is 1. The summed E-state index contributed by atoms with van der Waals surface area (Å²) in [6.45, 7) is -0.0685. The minimum Gasteiger partial charge on any atom is -0.508 e. The number of Topliss-reactive ketones (excluding diaryl/α,β-unsaturated/α-hetero) is 2. The minimum absolute atomic E-state index is 0.000410. The normalized spacial score (nSPS) is 28.3. The van der Waals surface area contributed by atoms with E-state index in [9.17, 15) is 44.4 Å². The van der Waals surface area contributed by atoms with Crippen molar-refractivity contribution in [3.05, 3.63) is 45.7 Å². The van der Waals surface area contributed by atoms with Crippen molar-refractivity contribution >= 4 is 35.0 Å². The number of phenols is 1. The van der Waals surface area contributed by atoms with Gasteiger partial charge in [0.15, 0.2) is 11.4 Å². The topological polar surface area (TPSA) is 196 Å². The highest BCUT2D eigenvalue weighted by Gasteiger charge is 2.60. The van der Waals surface area contributed by atoms with Crippen molar-refractivity contribution in [3.63, 3.8) is 0 Å². The zero-order valence-electron chi connectivity index (χ0n) is 18.4. The predicted molar refractivity (Wildman–Crippen MR) is 116 cm³/mol. The number of aliphatic hydroxyl groups excluding tert-OH is 2. The van der Waals surface area contributed by atoms with Crippen molar-refractivity contribution in [3.8, 4) is 5.75 Å². The Labute approximate surface area is 198 Å². The molecule has 1 aromatic carbocycles. The number of aromatic hydroxyl groups is 1. The fourth-order valence-electron chi connectivity index (χ4n) is 5.80. The fourth-order valence-corrected chi connectivity index (χ4v) is 5.80. The van der Waals surface area contributed by atoms with Crippen LogP contribution in [0.15, 0.2) is 29.0 Å². The summed E-state index contributed by atoms with van der Waals surface area (Å²) in [6, 6.07) is 2.80. The lowest BCUT2D eigenvalue weighted by Gasteiger charge is -2.46. The Kier molecular flexibility index (Phi) is 4.89. The lowest BCUT2D eigenvalue weighted by Crippen LogP contribution is -2.58. The van der Waals surface area contributed by atoms with Crippen LogP contribution in [0, 0.1) is 11.8 Å². The molecule has 2 unspecified atom stereocenters. The van der Waals surface area contributed by atoms with Gasteiger partial charge in [0.25, 0.3) is 5.91 Å². The maximum Gasteiger partial charge on any atom is 0.255 e. The van der Waals surface area contributed by atoms with E-state index in [1.54, 1.807) is 0 Å². The average molecular weight is 482 g/mol. The quantitative estimate of drug-likeness (QED) is 0.292. The lowest BCUT2D eigenvalue weighted by atomic mass is 9.59. The van der Waals surface area contributed by atoms with Gasteiger partial charge in [0.2, 0.25) is 17.6 Å². The van der Waals surface area contributed by atoms with Crippen LogP contribution in [0.25, 0.3) is 5.76 Å². The largest absolute Gasteiger partial charge is 0.508 e. The molecule has 0 spiro atoms. The van der Waals surface area contributed by atoms with Gasteiger partial charge >= 0.3 is 0 Å². The Balaban J connectivity index is 1.63. The van der Waals surface area contributed by atoms with Gasteiger partial charge in [-0.2, -0.15) is 0 Å². The molecule has 3 atom stereocenters. The summed E-state index contributed by atoms with van der Waals surface area (Å²) in [5.41, 5.74) is 2.30. The Bertz CT molecular complexity index is 1310. The monoisotopic (exact) mass is 482 g/mol. The summed E-state index contributed by atoms with van der Waals surface area (Å²) in [4.78, 5) is 62.9. The summed E-state index contributed by atoms with van der Waals surface area (Å²) in [5, 5.41) is 43.4. The van der Waals surface area contributed by atoms with Crippen LogP contribution in [0.3, 0.4) is 0 Å². The second-order valence-electron chi connectivity index (χ2n) is 9.38. The van der Waals surface area contributed by atoms with Crippen molar-refractivity contribution in [2.75, 3.05) is 0 Å². The zero-order valence-corrected chi connectivity index (χ0v) is 18.4. The molecule has 1 aliphatic heterocycles. The third-order valence-corrected chi connectivity index (χ3v) is 7.53. The maximum absolute atomic E-state index is 13.5. The second kappa shape index (κ2) is 7.51. The highest BCUT2D eigenvalue weighted by atomic mass is 16.3. The van der Waals surface area contributed by atoms with Gasteiger partial charge < -0.3 is 26.2 Å². The fraction of sp³-hybridized carbons (Fsp3) is 0.375. The van der Waals surface area contributed by atoms with Crippen molar-refractivity contribution in [1.29, 1.82) is 0 Å². The van der Waals surface area contributed by atoms with E-state index in [0.29, 0.717) is 11.1 Å². The van der Waals surface area contributed by atoms with Crippen molar-refractivity contribution in [1.82, 2.24) is 4.90 Å². The molecule has 35 heavy (non-hydrogen) atoms. The van der Waals surface area contributed by atoms with Crippen LogP contribution in [0.4, 0.5) is 0 Å². The van der Waals surface area contributed by atoms with Crippen molar-refractivity contribution in [2.45, 2.75) is 44.2 Å². The van der Waals surface area contributed by atoms with E-state index in [-0.39, 0.29) is 60.9 Å². The van der Waals surface area contributed by atoms with Gasteiger partial charge in [-0.3, -0.25) is 28.9 Å².